The Morgan fingerprint density at radius 3 is 2.58 bits per heavy atom. The fraction of sp³-hybridized carbons (Fsp3) is 0.333. The zero-order valence-electron chi connectivity index (χ0n) is 15.5. The molecule has 0 aliphatic rings. The van der Waals surface area contributed by atoms with Crippen LogP contribution in [0.5, 0.6) is 0 Å². The molecule has 0 saturated heterocycles. The van der Waals surface area contributed by atoms with Crippen LogP contribution in [0.4, 0.5) is 0 Å². The van der Waals surface area contributed by atoms with Gasteiger partial charge in [-0.3, -0.25) is 4.79 Å². The molecule has 1 aromatic heterocycles. The number of likely N-dealkylation sites (N-methyl/N-ethyl adjacent to an activating group) is 1. The van der Waals surface area contributed by atoms with Crippen LogP contribution in [-0.4, -0.2) is 36.6 Å². The van der Waals surface area contributed by atoms with E-state index in [2.05, 4.69) is 46.6 Å². The van der Waals surface area contributed by atoms with Gasteiger partial charge < -0.3 is 14.7 Å². The first-order chi connectivity index (χ1) is 12.6. The molecule has 0 aliphatic heterocycles. The molecule has 5 heteroatoms. The second kappa shape index (κ2) is 8.15. The number of aromatic nitrogens is 1. The molecule has 1 atom stereocenters. The topological polar surface area (TPSA) is 58.4 Å². The van der Waals surface area contributed by atoms with E-state index in [0.29, 0.717) is 17.8 Å². The first-order valence-electron chi connectivity index (χ1n) is 8.93. The summed E-state index contributed by atoms with van der Waals surface area (Å²) in [5.41, 5.74) is 3.89. The van der Waals surface area contributed by atoms with E-state index in [9.17, 15) is 4.79 Å². The lowest BCUT2D eigenvalue weighted by Gasteiger charge is -2.25. The minimum absolute atomic E-state index is 0.0546. The van der Waals surface area contributed by atoms with Gasteiger partial charge >= 0.3 is 0 Å². The first kappa shape index (κ1) is 18.1. The fourth-order valence-electron chi connectivity index (χ4n) is 3.06. The van der Waals surface area contributed by atoms with Gasteiger partial charge in [0.15, 0.2) is 5.58 Å². The molecule has 1 amide bonds. The molecule has 0 aliphatic carbocycles. The van der Waals surface area contributed by atoms with E-state index in [1.807, 2.05) is 38.4 Å². The van der Waals surface area contributed by atoms with Crippen molar-refractivity contribution in [1.29, 1.82) is 0 Å². The van der Waals surface area contributed by atoms with E-state index < -0.39 is 0 Å². The van der Waals surface area contributed by atoms with Crippen LogP contribution >= 0.6 is 0 Å². The normalized spacial score (nSPS) is 12.5. The van der Waals surface area contributed by atoms with Gasteiger partial charge in [0, 0.05) is 11.9 Å². The van der Waals surface area contributed by atoms with Gasteiger partial charge in [-0.05, 0) is 43.8 Å². The Kier molecular flexibility index (Phi) is 5.68. The largest absolute Gasteiger partial charge is 0.356 e. The highest BCUT2D eigenvalue weighted by Crippen LogP contribution is 2.20. The van der Waals surface area contributed by atoms with Crippen molar-refractivity contribution in [2.24, 2.45) is 0 Å². The summed E-state index contributed by atoms with van der Waals surface area (Å²) in [6, 6.07) is 16.3. The molecule has 3 rings (SSSR count). The Balaban J connectivity index is 1.64. The van der Waals surface area contributed by atoms with E-state index in [1.54, 1.807) is 0 Å². The van der Waals surface area contributed by atoms with Crippen molar-refractivity contribution in [2.75, 3.05) is 20.6 Å². The molecule has 1 unspecified atom stereocenters. The highest BCUT2D eigenvalue weighted by Gasteiger charge is 2.17. The number of benzene rings is 2. The van der Waals surface area contributed by atoms with Crippen LogP contribution in [0.1, 0.15) is 29.8 Å². The van der Waals surface area contributed by atoms with Crippen molar-refractivity contribution in [2.45, 2.75) is 25.8 Å². The van der Waals surface area contributed by atoms with Crippen molar-refractivity contribution in [3.63, 3.8) is 0 Å². The lowest BCUT2D eigenvalue weighted by atomic mass is 10.0. The smallest absolute Gasteiger partial charge is 0.226 e. The molecular formula is C21H25N3O2. The van der Waals surface area contributed by atoms with Gasteiger partial charge in [-0.15, -0.1) is 0 Å². The van der Waals surface area contributed by atoms with Gasteiger partial charge in [-0.1, -0.05) is 48.5 Å². The van der Waals surface area contributed by atoms with Crippen LogP contribution in [0.3, 0.4) is 0 Å². The van der Waals surface area contributed by atoms with Gasteiger partial charge in [0.2, 0.25) is 5.91 Å². The molecule has 0 spiro atoms. The summed E-state index contributed by atoms with van der Waals surface area (Å²) in [6.07, 6.45) is 1.24. The van der Waals surface area contributed by atoms with Gasteiger partial charge in [0.25, 0.3) is 0 Å². The van der Waals surface area contributed by atoms with Crippen LogP contribution in [-0.2, 0) is 17.6 Å². The fourth-order valence-corrected chi connectivity index (χ4v) is 3.06. The minimum atomic E-state index is -0.0546. The molecular weight excluding hydrogens is 326 g/mol. The van der Waals surface area contributed by atoms with Crippen molar-refractivity contribution in [3.8, 4) is 0 Å². The quantitative estimate of drug-likeness (QED) is 0.709. The molecule has 0 fully saturated rings. The third kappa shape index (κ3) is 4.11. The molecule has 2 aromatic carbocycles. The Labute approximate surface area is 154 Å². The predicted molar refractivity (Wildman–Crippen MR) is 103 cm³/mol. The lowest BCUT2D eigenvalue weighted by molar-refractivity contribution is -0.120. The number of fused-ring (bicyclic) bond motifs is 1. The third-order valence-corrected chi connectivity index (χ3v) is 4.67. The Morgan fingerprint density at radius 1 is 1.15 bits per heavy atom. The van der Waals surface area contributed by atoms with Crippen molar-refractivity contribution in [3.05, 3.63) is 65.4 Å². The van der Waals surface area contributed by atoms with Crippen molar-refractivity contribution < 1.29 is 9.32 Å². The monoisotopic (exact) mass is 351 g/mol. The molecule has 26 heavy (non-hydrogen) atoms. The van der Waals surface area contributed by atoms with Crippen molar-refractivity contribution >= 4 is 16.9 Å². The number of amides is 1. The third-order valence-electron chi connectivity index (χ3n) is 4.67. The second-order valence-corrected chi connectivity index (χ2v) is 6.68. The van der Waals surface area contributed by atoms with Gasteiger partial charge in [-0.25, -0.2) is 0 Å². The summed E-state index contributed by atoms with van der Waals surface area (Å²) in [7, 11) is 4.05. The van der Waals surface area contributed by atoms with Crippen LogP contribution in [0.15, 0.2) is 53.1 Å². The molecule has 3 aromatic rings. The van der Waals surface area contributed by atoms with Gasteiger partial charge in [-0.2, -0.15) is 0 Å². The molecule has 0 bridgehead atoms. The van der Waals surface area contributed by atoms with E-state index in [-0.39, 0.29) is 18.4 Å². The van der Waals surface area contributed by atoms with E-state index in [4.69, 9.17) is 4.52 Å². The molecule has 1 heterocycles. The summed E-state index contributed by atoms with van der Waals surface area (Å²) in [6.45, 7) is 2.69. The number of rotatable bonds is 7. The zero-order chi connectivity index (χ0) is 18.5. The summed E-state index contributed by atoms with van der Waals surface area (Å²) >= 11 is 0. The zero-order valence-corrected chi connectivity index (χ0v) is 15.5. The summed E-state index contributed by atoms with van der Waals surface area (Å²) < 4.78 is 5.27. The summed E-state index contributed by atoms with van der Waals surface area (Å²) in [5.74, 6) is -0.0546. The highest BCUT2D eigenvalue weighted by atomic mass is 16.5. The molecule has 0 saturated carbocycles. The summed E-state index contributed by atoms with van der Waals surface area (Å²) in [5, 5.41) is 7.95. The average Bonchev–Trinajstić information content (AvgIpc) is 3.05. The average molecular weight is 351 g/mol. The second-order valence-electron chi connectivity index (χ2n) is 6.68. The standard InChI is InChI=1S/C21H25N3O2/c1-4-15-9-11-16(12-10-15)19(24(2)3)14-22-21(25)13-18-17-7-5-6-8-20(17)26-23-18/h5-12,19H,4,13-14H2,1-3H3,(H,22,25). The Hall–Kier alpha value is -2.66. The molecule has 1 N–H and O–H groups in total. The minimum Gasteiger partial charge on any atom is -0.356 e. The number of hydrogen-bond donors (Lipinski definition) is 1. The number of carbonyl (C=O) groups is 1. The molecule has 0 radical (unpaired) electrons. The van der Waals surface area contributed by atoms with Crippen molar-refractivity contribution in [1.82, 2.24) is 15.4 Å². The summed E-state index contributed by atoms with van der Waals surface area (Å²) in [4.78, 5) is 14.5. The highest BCUT2D eigenvalue weighted by molar-refractivity contribution is 5.86. The number of nitrogens with zero attached hydrogens (tertiary/aromatic N) is 2. The first-order valence-corrected chi connectivity index (χ1v) is 8.93. The van der Waals surface area contributed by atoms with E-state index >= 15 is 0 Å². The van der Waals surface area contributed by atoms with Crippen LogP contribution in [0, 0.1) is 0 Å². The SMILES string of the molecule is CCc1ccc(C(CNC(=O)Cc2noc3ccccc23)N(C)C)cc1. The van der Waals surface area contributed by atoms with E-state index in [0.717, 1.165) is 11.8 Å². The lowest BCUT2D eigenvalue weighted by Crippen LogP contribution is -2.35. The molecule has 136 valence electrons. The number of aryl methyl sites for hydroxylation is 1. The van der Waals surface area contributed by atoms with Crippen LogP contribution in [0.2, 0.25) is 0 Å². The maximum Gasteiger partial charge on any atom is 0.226 e. The number of nitrogens with one attached hydrogen (secondary N) is 1. The van der Waals surface area contributed by atoms with Gasteiger partial charge in [0.05, 0.1) is 12.5 Å². The van der Waals surface area contributed by atoms with E-state index in [1.165, 1.54) is 11.1 Å². The maximum atomic E-state index is 12.4. The number of carbonyl (C=O) groups excluding carboxylic acids is 1. The molecule has 5 nitrogen and oxygen atoms in total. The number of para-hydroxylation sites is 1. The van der Waals surface area contributed by atoms with Crippen LogP contribution < -0.4 is 5.32 Å². The number of hydrogen-bond acceptors (Lipinski definition) is 4. The Morgan fingerprint density at radius 2 is 1.88 bits per heavy atom. The maximum absolute atomic E-state index is 12.4. The van der Waals surface area contributed by atoms with Crippen LogP contribution in [0.25, 0.3) is 11.0 Å². The van der Waals surface area contributed by atoms with Gasteiger partial charge in [0.1, 0.15) is 5.69 Å². The predicted octanol–water partition coefficient (Wildman–Crippen LogP) is 3.35. The Bertz CT molecular complexity index is 868.